The molecule has 1 fully saturated rings. The van der Waals surface area contributed by atoms with Crippen molar-refractivity contribution in [3.8, 4) is 5.75 Å². The highest BCUT2D eigenvalue weighted by molar-refractivity contribution is 5.94. The monoisotopic (exact) mass is 389 g/mol. The van der Waals surface area contributed by atoms with Crippen LogP contribution in [0.25, 0.3) is 0 Å². The van der Waals surface area contributed by atoms with Crippen molar-refractivity contribution in [1.29, 1.82) is 0 Å². The fraction of sp³-hybridized carbons (Fsp3) is 0.571. The van der Waals surface area contributed by atoms with Crippen LogP contribution in [0.15, 0.2) is 24.3 Å². The normalized spacial score (nSPS) is 16.5. The molecule has 2 rings (SSSR count). The summed E-state index contributed by atoms with van der Waals surface area (Å²) in [6, 6.07) is 7.11. The number of hydrogen-bond donors (Lipinski definition) is 2. The molecule has 7 heteroatoms. The molecule has 1 heterocycles. The van der Waals surface area contributed by atoms with Crippen LogP contribution in [0, 0.1) is 0 Å². The molecule has 0 saturated carbocycles. The van der Waals surface area contributed by atoms with E-state index < -0.39 is 0 Å². The Morgan fingerprint density at radius 1 is 1.25 bits per heavy atom. The molecule has 0 bridgehead atoms. The average molecular weight is 389 g/mol. The maximum absolute atomic E-state index is 12.6. The van der Waals surface area contributed by atoms with Gasteiger partial charge in [-0.1, -0.05) is 12.1 Å². The molecule has 1 saturated heterocycles. The fourth-order valence-electron chi connectivity index (χ4n) is 3.35. The number of carbonyl (C=O) groups is 3. The zero-order valence-corrected chi connectivity index (χ0v) is 16.6. The van der Waals surface area contributed by atoms with Crippen LogP contribution in [0.2, 0.25) is 0 Å². The summed E-state index contributed by atoms with van der Waals surface area (Å²) in [5.74, 6) is 0.662. The number of amides is 2. The third kappa shape index (κ3) is 6.96. The SMILES string of the molecule is CC(=O)c1cccc(OCCCC(=O)N2CCCCC2CNC(=O)CCN)c1. The first-order valence-electron chi connectivity index (χ1n) is 10.0. The summed E-state index contributed by atoms with van der Waals surface area (Å²) >= 11 is 0. The van der Waals surface area contributed by atoms with Gasteiger partial charge in [0.1, 0.15) is 5.75 Å². The Kier molecular flexibility index (Phi) is 8.94. The number of ether oxygens (including phenoxy) is 1. The highest BCUT2D eigenvalue weighted by Gasteiger charge is 2.26. The molecule has 1 aliphatic heterocycles. The quantitative estimate of drug-likeness (QED) is 0.470. The van der Waals surface area contributed by atoms with Gasteiger partial charge in [-0.2, -0.15) is 0 Å². The standard InChI is InChI=1S/C21H31N3O4/c1-16(25)17-6-4-8-19(14-17)28-13-5-9-21(27)24-12-3-2-7-18(24)15-23-20(26)10-11-22/h4,6,8,14,18H,2-3,5,7,9-13,15,22H2,1H3,(H,23,26). The van der Waals surface area contributed by atoms with Gasteiger partial charge >= 0.3 is 0 Å². The lowest BCUT2D eigenvalue weighted by Crippen LogP contribution is -2.49. The number of likely N-dealkylation sites (tertiary alicyclic amines) is 1. The van der Waals surface area contributed by atoms with Gasteiger partial charge in [0.05, 0.1) is 6.61 Å². The van der Waals surface area contributed by atoms with Crippen molar-refractivity contribution in [2.75, 3.05) is 26.2 Å². The number of benzene rings is 1. The van der Waals surface area contributed by atoms with Gasteiger partial charge in [-0.25, -0.2) is 0 Å². The van der Waals surface area contributed by atoms with Crippen LogP contribution in [0.4, 0.5) is 0 Å². The zero-order valence-electron chi connectivity index (χ0n) is 16.6. The number of hydrogen-bond acceptors (Lipinski definition) is 5. The molecule has 0 aliphatic carbocycles. The minimum Gasteiger partial charge on any atom is -0.494 e. The number of nitrogens with zero attached hydrogens (tertiary/aromatic N) is 1. The Hall–Kier alpha value is -2.41. The fourth-order valence-corrected chi connectivity index (χ4v) is 3.35. The van der Waals surface area contributed by atoms with E-state index in [0.717, 1.165) is 25.8 Å². The number of nitrogens with one attached hydrogen (secondary N) is 1. The van der Waals surface area contributed by atoms with Crippen molar-refractivity contribution in [3.63, 3.8) is 0 Å². The van der Waals surface area contributed by atoms with E-state index in [-0.39, 0.29) is 23.6 Å². The average Bonchev–Trinajstić information content (AvgIpc) is 2.70. The van der Waals surface area contributed by atoms with Crippen molar-refractivity contribution in [3.05, 3.63) is 29.8 Å². The predicted octanol–water partition coefficient (Wildman–Crippen LogP) is 1.89. The van der Waals surface area contributed by atoms with E-state index in [9.17, 15) is 14.4 Å². The smallest absolute Gasteiger partial charge is 0.223 e. The highest BCUT2D eigenvalue weighted by Crippen LogP contribution is 2.19. The molecule has 28 heavy (non-hydrogen) atoms. The van der Waals surface area contributed by atoms with E-state index in [2.05, 4.69) is 5.32 Å². The number of piperidine rings is 1. The second-order valence-corrected chi connectivity index (χ2v) is 7.12. The number of nitrogens with two attached hydrogens (primary N) is 1. The molecule has 2 amide bonds. The molecule has 1 unspecified atom stereocenters. The van der Waals surface area contributed by atoms with Gasteiger partial charge in [-0.15, -0.1) is 0 Å². The Bertz CT molecular complexity index is 677. The summed E-state index contributed by atoms with van der Waals surface area (Å²) < 4.78 is 5.68. The molecule has 1 aliphatic rings. The third-order valence-electron chi connectivity index (χ3n) is 4.90. The number of Topliss-reactive ketones (excluding diaryl/α,β-unsaturated/α-hetero) is 1. The third-order valence-corrected chi connectivity index (χ3v) is 4.90. The van der Waals surface area contributed by atoms with Crippen LogP contribution >= 0.6 is 0 Å². The molecule has 0 radical (unpaired) electrons. The van der Waals surface area contributed by atoms with Gasteiger partial charge in [0.15, 0.2) is 5.78 Å². The Morgan fingerprint density at radius 3 is 2.82 bits per heavy atom. The summed E-state index contributed by atoms with van der Waals surface area (Å²) in [7, 11) is 0. The molecule has 1 aromatic rings. The highest BCUT2D eigenvalue weighted by atomic mass is 16.5. The van der Waals surface area contributed by atoms with Gasteiger partial charge in [-0.05, 0) is 44.7 Å². The topological polar surface area (TPSA) is 102 Å². The number of carbonyl (C=O) groups excluding carboxylic acids is 3. The molecule has 154 valence electrons. The van der Waals surface area contributed by atoms with E-state index in [1.807, 2.05) is 4.90 Å². The van der Waals surface area contributed by atoms with Gasteiger partial charge in [0.25, 0.3) is 0 Å². The van der Waals surface area contributed by atoms with Crippen molar-refractivity contribution >= 4 is 17.6 Å². The summed E-state index contributed by atoms with van der Waals surface area (Å²) in [4.78, 5) is 37.6. The summed E-state index contributed by atoms with van der Waals surface area (Å²) in [6.45, 7) is 3.48. The molecule has 0 aromatic heterocycles. The van der Waals surface area contributed by atoms with E-state index in [1.54, 1.807) is 24.3 Å². The van der Waals surface area contributed by atoms with Crippen LogP contribution in [-0.4, -0.2) is 54.8 Å². The second-order valence-electron chi connectivity index (χ2n) is 7.12. The van der Waals surface area contributed by atoms with E-state index in [4.69, 9.17) is 10.5 Å². The van der Waals surface area contributed by atoms with E-state index >= 15 is 0 Å². The minimum atomic E-state index is -0.0679. The van der Waals surface area contributed by atoms with Crippen molar-refractivity contribution in [2.45, 2.75) is 51.5 Å². The summed E-state index contributed by atoms with van der Waals surface area (Å²) in [5.41, 5.74) is 6.01. The van der Waals surface area contributed by atoms with Crippen molar-refractivity contribution in [1.82, 2.24) is 10.2 Å². The molecule has 1 aromatic carbocycles. The molecule has 0 spiro atoms. The maximum Gasteiger partial charge on any atom is 0.223 e. The maximum atomic E-state index is 12.6. The minimum absolute atomic E-state index is 0.00433. The lowest BCUT2D eigenvalue weighted by Gasteiger charge is -2.36. The van der Waals surface area contributed by atoms with Crippen molar-refractivity contribution < 1.29 is 19.1 Å². The van der Waals surface area contributed by atoms with Crippen LogP contribution < -0.4 is 15.8 Å². The second kappa shape index (κ2) is 11.4. The van der Waals surface area contributed by atoms with Crippen LogP contribution in [0.1, 0.15) is 55.8 Å². The first-order valence-corrected chi connectivity index (χ1v) is 10.0. The molecule has 1 atom stereocenters. The largest absolute Gasteiger partial charge is 0.494 e. The molecular formula is C21H31N3O4. The Morgan fingerprint density at radius 2 is 2.07 bits per heavy atom. The van der Waals surface area contributed by atoms with Gasteiger partial charge in [-0.3, -0.25) is 14.4 Å². The lowest BCUT2D eigenvalue weighted by atomic mass is 10.0. The lowest BCUT2D eigenvalue weighted by molar-refractivity contribution is -0.135. The number of rotatable bonds is 10. The Balaban J connectivity index is 1.76. The summed E-state index contributed by atoms with van der Waals surface area (Å²) in [5, 5.41) is 2.88. The zero-order chi connectivity index (χ0) is 20.4. The van der Waals surface area contributed by atoms with Crippen molar-refractivity contribution in [2.24, 2.45) is 5.73 Å². The van der Waals surface area contributed by atoms with Crippen LogP contribution in [0.3, 0.4) is 0 Å². The first-order chi connectivity index (χ1) is 13.5. The van der Waals surface area contributed by atoms with Gasteiger partial charge in [0.2, 0.25) is 11.8 Å². The molecule has 7 nitrogen and oxygen atoms in total. The Labute approximate surface area is 166 Å². The van der Waals surface area contributed by atoms with Gasteiger partial charge in [0, 0.05) is 44.1 Å². The first kappa shape index (κ1) is 21.9. The number of ketones is 1. The molecular weight excluding hydrogens is 358 g/mol. The van der Waals surface area contributed by atoms with Gasteiger partial charge < -0.3 is 20.7 Å². The van der Waals surface area contributed by atoms with Crippen LogP contribution in [-0.2, 0) is 9.59 Å². The summed E-state index contributed by atoms with van der Waals surface area (Å²) in [6.07, 6.45) is 4.28. The van der Waals surface area contributed by atoms with E-state index in [0.29, 0.717) is 50.3 Å². The predicted molar refractivity (Wildman–Crippen MR) is 107 cm³/mol. The van der Waals surface area contributed by atoms with Crippen LogP contribution in [0.5, 0.6) is 5.75 Å². The van der Waals surface area contributed by atoms with E-state index in [1.165, 1.54) is 6.92 Å². The molecule has 3 N–H and O–H groups in total.